The van der Waals surface area contributed by atoms with E-state index in [4.69, 9.17) is 0 Å². The van der Waals surface area contributed by atoms with Crippen LogP contribution in [0.2, 0.25) is 0 Å². The molecule has 2 aliphatic heterocycles. The third kappa shape index (κ3) is 3.92. The number of benzene rings is 1. The van der Waals surface area contributed by atoms with Crippen LogP contribution in [-0.4, -0.2) is 52.0 Å². The highest BCUT2D eigenvalue weighted by Gasteiger charge is 2.27. The monoisotopic (exact) mass is 351 g/mol. The van der Waals surface area contributed by atoms with Crippen molar-refractivity contribution in [2.75, 3.05) is 44.2 Å². The average molecular weight is 352 g/mol. The van der Waals surface area contributed by atoms with Crippen LogP contribution in [0, 0.1) is 0 Å². The van der Waals surface area contributed by atoms with Crippen LogP contribution in [0.15, 0.2) is 18.2 Å². The molecule has 6 heteroatoms. The summed E-state index contributed by atoms with van der Waals surface area (Å²) in [5.74, 6) is 0.516. The van der Waals surface area contributed by atoms with E-state index in [-0.39, 0.29) is 5.75 Å². The molecule has 24 heavy (non-hydrogen) atoms. The van der Waals surface area contributed by atoms with Gasteiger partial charge in [0, 0.05) is 45.0 Å². The number of hydrogen-bond donors (Lipinski definition) is 1. The third-order valence-electron chi connectivity index (χ3n) is 5.02. The van der Waals surface area contributed by atoms with E-state index in [1.807, 2.05) is 0 Å². The fraction of sp³-hybridized carbons (Fsp3) is 0.667. The number of nitrogens with zero attached hydrogens (tertiary/aromatic N) is 2. The van der Waals surface area contributed by atoms with E-state index in [9.17, 15) is 8.42 Å². The Morgan fingerprint density at radius 2 is 1.75 bits per heavy atom. The lowest BCUT2D eigenvalue weighted by Crippen LogP contribution is -2.44. The summed E-state index contributed by atoms with van der Waals surface area (Å²) in [5, 5.41) is 3.36. The van der Waals surface area contributed by atoms with E-state index in [2.05, 4.69) is 42.3 Å². The molecule has 0 amide bonds. The summed E-state index contributed by atoms with van der Waals surface area (Å²) in [6, 6.07) is 6.37. The molecule has 0 atom stereocenters. The van der Waals surface area contributed by atoms with Gasteiger partial charge >= 0.3 is 0 Å². The Morgan fingerprint density at radius 3 is 2.38 bits per heavy atom. The zero-order chi connectivity index (χ0) is 17.2. The molecule has 0 unspecified atom stereocenters. The van der Waals surface area contributed by atoms with Gasteiger partial charge in [-0.05, 0) is 36.0 Å². The van der Waals surface area contributed by atoms with E-state index in [1.165, 1.54) is 5.56 Å². The van der Waals surface area contributed by atoms with Crippen molar-refractivity contribution < 1.29 is 8.42 Å². The molecule has 0 aromatic heterocycles. The van der Waals surface area contributed by atoms with Crippen LogP contribution < -0.4 is 10.2 Å². The smallest absolute Gasteiger partial charge is 0.218 e. The molecule has 1 N–H and O–H groups in total. The highest BCUT2D eigenvalue weighted by molar-refractivity contribution is 7.88. The van der Waals surface area contributed by atoms with Crippen LogP contribution in [-0.2, 0) is 15.8 Å². The molecule has 2 saturated heterocycles. The molecule has 2 heterocycles. The van der Waals surface area contributed by atoms with E-state index < -0.39 is 10.0 Å². The van der Waals surface area contributed by atoms with Crippen molar-refractivity contribution in [1.29, 1.82) is 0 Å². The number of nitrogens with one attached hydrogen (secondary N) is 1. The maximum absolute atomic E-state index is 12.8. The normalized spacial score (nSPS) is 20.0. The number of rotatable bonds is 5. The molecule has 134 valence electrons. The summed E-state index contributed by atoms with van der Waals surface area (Å²) in [6.07, 6.45) is 1.96. The Labute approximate surface area is 146 Å². The van der Waals surface area contributed by atoms with Crippen molar-refractivity contribution in [3.63, 3.8) is 0 Å². The van der Waals surface area contributed by atoms with Gasteiger partial charge in [-0.1, -0.05) is 26.0 Å². The van der Waals surface area contributed by atoms with Crippen LogP contribution in [0.3, 0.4) is 0 Å². The van der Waals surface area contributed by atoms with E-state index in [0.29, 0.717) is 19.0 Å². The minimum absolute atomic E-state index is 0.118. The number of piperazine rings is 1. The second kappa shape index (κ2) is 7.42. The van der Waals surface area contributed by atoms with Crippen LogP contribution >= 0.6 is 0 Å². The molecular formula is C18H29N3O2S. The molecule has 3 rings (SSSR count). The maximum atomic E-state index is 12.8. The van der Waals surface area contributed by atoms with Crippen molar-refractivity contribution in [2.45, 2.75) is 38.4 Å². The first-order valence-electron chi connectivity index (χ1n) is 9.04. The molecule has 1 aromatic rings. The quantitative estimate of drug-likeness (QED) is 0.883. The first-order chi connectivity index (χ1) is 11.5. The minimum atomic E-state index is -3.23. The number of anilines is 1. The van der Waals surface area contributed by atoms with Crippen molar-refractivity contribution in [2.24, 2.45) is 0 Å². The Morgan fingerprint density at radius 1 is 1.08 bits per heavy atom. The second-order valence-corrected chi connectivity index (χ2v) is 9.11. The highest BCUT2D eigenvalue weighted by atomic mass is 32.2. The molecule has 0 bridgehead atoms. The largest absolute Gasteiger partial charge is 0.369 e. The number of hydrogen-bond acceptors (Lipinski definition) is 4. The summed E-state index contributed by atoms with van der Waals surface area (Å²) < 4.78 is 27.3. The van der Waals surface area contributed by atoms with Gasteiger partial charge in [0.25, 0.3) is 0 Å². The van der Waals surface area contributed by atoms with Gasteiger partial charge in [0.1, 0.15) is 0 Å². The van der Waals surface area contributed by atoms with Gasteiger partial charge in [0.2, 0.25) is 10.0 Å². The highest BCUT2D eigenvalue weighted by Crippen LogP contribution is 2.29. The molecule has 0 saturated carbocycles. The van der Waals surface area contributed by atoms with Crippen molar-refractivity contribution >= 4 is 15.7 Å². The van der Waals surface area contributed by atoms with Crippen LogP contribution in [0.5, 0.6) is 0 Å². The summed E-state index contributed by atoms with van der Waals surface area (Å²) in [7, 11) is -3.23. The standard InChI is InChI=1S/C18H29N3O2S/c1-15(2)16-5-6-18(20-11-7-19-8-12-20)17(13-16)14-24(22,23)21-9-3-4-10-21/h5-6,13,15,19H,3-4,7-12,14H2,1-2H3. The summed E-state index contributed by atoms with van der Waals surface area (Å²) in [4.78, 5) is 2.31. The Hall–Kier alpha value is -1.11. The fourth-order valence-electron chi connectivity index (χ4n) is 3.55. The lowest BCUT2D eigenvalue weighted by molar-refractivity contribution is 0.476. The lowest BCUT2D eigenvalue weighted by atomic mass is 9.99. The van der Waals surface area contributed by atoms with Crippen molar-refractivity contribution in [3.8, 4) is 0 Å². The average Bonchev–Trinajstić information content (AvgIpc) is 3.10. The van der Waals surface area contributed by atoms with Gasteiger partial charge in [-0.25, -0.2) is 12.7 Å². The Balaban J connectivity index is 1.91. The lowest BCUT2D eigenvalue weighted by Gasteiger charge is -2.32. The molecule has 0 aliphatic carbocycles. The van der Waals surface area contributed by atoms with E-state index in [0.717, 1.165) is 50.3 Å². The van der Waals surface area contributed by atoms with Crippen molar-refractivity contribution in [3.05, 3.63) is 29.3 Å². The zero-order valence-electron chi connectivity index (χ0n) is 14.8. The molecule has 2 aliphatic rings. The summed E-state index contributed by atoms with van der Waals surface area (Å²) in [5.41, 5.74) is 3.25. The summed E-state index contributed by atoms with van der Waals surface area (Å²) in [6.45, 7) is 9.41. The fourth-order valence-corrected chi connectivity index (χ4v) is 5.17. The Bertz CT molecular complexity index is 661. The molecule has 0 spiro atoms. The molecule has 5 nitrogen and oxygen atoms in total. The first-order valence-corrected chi connectivity index (χ1v) is 10.6. The topological polar surface area (TPSA) is 52.7 Å². The van der Waals surface area contributed by atoms with E-state index in [1.54, 1.807) is 4.31 Å². The van der Waals surface area contributed by atoms with Gasteiger partial charge in [-0.2, -0.15) is 0 Å². The molecular weight excluding hydrogens is 322 g/mol. The van der Waals surface area contributed by atoms with Gasteiger partial charge < -0.3 is 10.2 Å². The minimum Gasteiger partial charge on any atom is -0.369 e. The molecule has 0 radical (unpaired) electrons. The second-order valence-electron chi connectivity index (χ2n) is 7.14. The third-order valence-corrected chi connectivity index (χ3v) is 6.85. The van der Waals surface area contributed by atoms with Gasteiger partial charge in [0.05, 0.1) is 5.75 Å². The Kier molecular flexibility index (Phi) is 5.47. The van der Waals surface area contributed by atoms with Crippen molar-refractivity contribution in [1.82, 2.24) is 9.62 Å². The van der Waals surface area contributed by atoms with E-state index >= 15 is 0 Å². The first kappa shape index (κ1) is 17.7. The maximum Gasteiger partial charge on any atom is 0.218 e. The zero-order valence-corrected chi connectivity index (χ0v) is 15.6. The predicted molar refractivity (Wildman–Crippen MR) is 99.0 cm³/mol. The van der Waals surface area contributed by atoms with Gasteiger partial charge in [-0.3, -0.25) is 0 Å². The molecule has 1 aromatic carbocycles. The predicted octanol–water partition coefficient (Wildman–Crippen LogP) is 2.15. The van der Waals surface area contributed by atoms with Crippen LogP contribution in [0.1, 0.15) is 43.7 Å². The molecule has 2 fully saturated rings. The van der Waals surface area contributed by atoms with Gasteiger partial charge in [0.15, 0.2) is 0 Å². The summed E-state index contributed by atoms with van der Waals surface area (Å²) >= 11 is 0. The number of sulfonamides is 1. The van der Waals surface area contributed by atoms with Crippen LogP contribution in [0.4, 0.5) is 5.69 Å². The van der Waals surface area contributed by atoms with Crippen LogP contribution in [0.25, 0.3) is 0 Å². The van der Waals surface area contributed by atoms with Gasteiger partial charge in [-0.15, -0.1) is 0 Å². The SMILES string of the molecule is CC(C)c1ccc(N2CCNCC2)c(CS(=O)(=O)N2CCCC2)c1.